The summed E-state index contributed by atoms with van der Waals surface area (Å²) < 4.78 is 6.55. The van der Waals surface area contributed by atoms with Gasteiger partial charge in [0, 0.05) is 32.8 Å². The number of benzene rings is 5. The molecule has 0 radical (unpaired) electrons. The average Bonchev–Trinajstić information content (AvgIpc) is 3.50. The summed E-state index contributed by atoms with van der Waals surface area (Å²) in [6, 6.07) is 37.4. The molecule has 5 heteroatoms. The van der Waals surface area contributed by atoms with Crippen LogP contribution in [0.1, 0.15) is 79.0 Å². The van der Waals surface area contributed by atoms with Gasteiger partial charge in [-0.2, -0.15) is 0 Å². The van der Waals surface area contributed by atoms with Crippen LogP contribution in [0.15, 0.2) is 108 Å². The topological polar surface area (TPSA) is 59.2 Å². The van der Waals surface area contributed by atoms with Gasteiger partial charge in [0.15, 0.2) is 0 Å². The molecular weight excluding hydrogens is 808 g/mol. The number of aromatic hydroxyl groups is 1. The van der Waals surface area contributed by atoms with E-state index in [1.54, 1.807) is 6.07 Å². The van der Waals surface area contributed by atoms with Gasteiger partial charge in [-0.15, -0.1) is 29.3 Å². The van der Waals surface area contributed by atoms with Gasteiger partial charge >= 0.3 is 0 Å². The van der Waals surface area contributed by atoms with E-state index in [4.69, 9.17) is 14.4 Å². The van der Waals surface area contributed by atoms with Gasteiger partial charge in [-0.25, -0.2) is 4.98 Å². The van der Waals surface area contributed by atoms with E-state index in [1.807, 2.05) is 30.5 Å². The molecule has 0 fully saturated rings. The second-order valence-electron chi connectivity index (χ2n) is 16.5. The molecule has 0 bridgehead atoms. The molecule has 0 atom stereocenters. The monoisotopic (exact) mass is 852 g/mol. The van der Waals surface area contributed by atoms with Gasteiger partial charge in [-0.3, -0.25) is 4.98 Å². The van der Waals surface area contributed by atoms with Crippen LogP contribution in [-0.4, -0.2) is 15.1 Å². The quantitative estimate of drug-likeness (QED) is 0.179. The summed E-state index contributed by atoms with van der Waals surface area (Å²) in [5.74, 6) is 0.531. The minimum absolute atomic E-state index is 0. The number of fused-ring (bicyclic) bond motifs is 2. The Morgan fingerprint density at radius 3 is 1.78 bits per heavy atom. The Morgan fingerprint density at radius 1 is 0.569 bits per heavy atom. The summed E-state index contributed by atoms with van der Waals surface area (Å²) >= 11 is 0. The molecule has 0 saturated carbocycles. The largest absolute Gasteiger partial charge is 0.507 e. The maximum Gasteiger partial charge on any atom is 0.230 e. The van der Waals surface area contributed by atoms with Crippen LogP contribution in [0.5, 0.6) is 5.75 Å². The first-order chi connectivity index (χ1) is 23.6. The summed E-state index contributed by atoms with van der Waals surface area (Å²) in [6.07, 6.45) is 1.86. The van der Waals surface area contributed by atoms with Gasteiger partial charge in [-0.1, -0.05) is 140 Å². The number of hydrogen-bond acceptors (Lipinski definition) is 4. The number of aromatic nitrogens is 2. The predicted molar refractivity (Wildman–Crippen MR) is 208 cm³/mol. The Balaban J connectivity index is 0.00000448. The average molecular weight is 853 g/mol. The first kappa shape index (κ1) is 36.3. The summed E-state index contributed by atoms with van der Waals surface area (Å²) in [5, 5.41) is 12.1. The number of pyridine rings is 1. The van der Waals surface area contributed by atoms with Crippen LogP contribution in [-0.2, 0) is 37.3 Å². The van der Waals surface area contributed by atoms with Crippen molar-refractivity contribution in [3.63, 3.8) is 0 Å². The molecule has 2 aromatic heterocycles. The fourth-order valence-corrected chi connectivity index (χ4v) is 6.44. The van der Waals surface area contributed by atoms with Crippen molar-refractivity contribution < 1.29 is 30.6 Å². The molecule has 5 aromatic carbocycles. The molecule has 0 aliphatic heterocycles. The van der Waals surface area contributed by atoms with E-state index in [-0.39, 0.29) is 43.1 Å². The number of phenols is 1. The van der Waals surface area contributed by atoms with Gasteiger partial charge < -0.3 is 9.52 Å². The number of hydrogen-bond donors (Lipinski definition) is 1. The Morgan fingerprint density at radius 2 is 1.16 bits per heavy atom. The Kier molecular flexibility index (Phi) is 9.40. The van der Waals surface area contributed by atoms with Gasteiger partial charge in [0.25, 0.3) is 0 Å². The zero-order chi connectivity index (χ0) is 35.6. The minimum Gasteiger partial charge on any atom is -0.507 e. The Hall–Kier alpha value is -4.53. The molecule has 0 unspecified atom stereocenters. The fourth-order valence-electron chi connectivity index (χ4n) is 6.44. The van der Waals surface area contributed by atoms with E-state index < -0.39 is 0 Å². The van der Waals surface area contributed by atoms with Crippen molar-refractivity contribution in [2.45, 2.75) is 78.6 Å². The number of nitrogens with zero attached hydrogens (tertiary/aromatic N) is 2. The van der Waals surface area contributed by atoms with E-state index in [0.717, 1.165) is 60.9 Å². The number of oxazole rings is 1. The van der Waals surface area contributed by atoms with Crippen molar-refractivity contribution in [3.8, 4) is 50.6 Å². The first-order valence-corrected chi connectivity index (χ1v) is 17.4. The summed E-state index contributed by atoms with van der Waals surface area (Å²) in [5.41, 5.74) is 12.1. The molecular formula is C46H45N2O2Pt-. The summed E-state index contributed by atoms with van der Waals surface area (Å²) in [7, 11) is 0. The fraction of sp³-hybridized carbons (Fsp3) is 0.261. The van der Waals surface area contributed by atoms with E-state index in [2.05, 4.69) is 135 Å². The Bertz CT molecular complexity index is 2390. The van der Waals surface area contributed by atoms with Crippen LogP contribution in [0.4, 0.5) is 0 Å². The zero-order valence-electron chi connectivity index (χ0n) is 30.9. The zero-order valence-corrected chi connectivity index (χ0v) is 33.2. The predicted octanol–water partition coefficient (Wildman–Crippen LogP) is 12.4. The maximum absolute atomic E-state index is 11.0. The number of phenolic OH excluding ortho intramolecular Hbond substituents is 1. The van der Waals surface area contributed by atoms with Crippen molar-refractivity contribution >= 4 is 22.0 Å². The molecule has 0 aliphatic carbocycles. The molecule has 7 rings (SSSR count). The smallest absolute Gasteiger partial charge is 0.230 e. The molecule has 51 heavy (non-hydrogen) atoms. The first-order valence-electron chi connectivity index (χ1n) is 17.4. The van der Waals surface area contributed by atoms with Crippen LogP contribution in [0.3, 0.4) is 0 Å². The third-order valence-corrected chi connectivity index (χ3v) is 9.58. The van der Waals surface area contributed by atoms with Crippen LogP contribution in [0, 0.1) is 6.07 Å². The molecule has 0 aliphatic rings. The van der Waals surface area contributed by atoms with Crippen LogP contribution in [0.25, 0.3) is 66.8 Å². The summed E-state index contributed by atoms with van der Waals surface area (Å²) in [6.45, 7) is 19.8. The minimum atomic E-state index is -0.161. The third kappa shape index (κ3) is 7.17. The van der Waals surface area contributed by atoms with E-state index >= 15 is 0 Å². The van der Waals surface area contributed by atoms with Gasteiger partial charge in [0.05, 0.1) is 11.1 Å². The third-order valence-electron chi connectivity index (χ3n) is 9.58. The second-order valence-corrected chi connectivity index (χ2v) is 16.5. The molecule has 0 saturated heterocycles. The SMILES string of the molecule is CC(C)(C)c1ccc(O)c(-c2nc3c(-c4[c-]c(-c5cc(C(C)(C)C)cc6cccnc56)cc(-c5ccccc5)c4)cc(C(C)(C)C)cc3o2)c1.[Pt]. The molecule has 262 valence electrons. The molecule has 4 nitrogen and oxygen atoms in total. The van der Waals surface area contributed by atoms with E-state index in [0.29, 0.717) is 17.0 Å². The normalized spacial score (nSPS) is 12.3. The van der Waals surface area contributed by atoms with Crippen molar-refractivity contribution in [2.75, 3.05) is 0 Å². The molecule has 7 aromatic rings. The van der Waals surface area contributed by atoms with Crippen molar-refractivity contribution in [2.24, 2.45) is 0 Å². The summed E-state index contributed by atoms with van der Waals surface area (Å²) in [4.78, 5) is 9.99. The van der Waals surface area contributed by atoms with Crippen LogP contribution < -0.4 is 0 Å². The van der Waals surface area contributed by atoms with E-state index in [9.17, 15) is 5.11 Å². The standard InChI is InChI=1S/C46H45N2O2.Pt/c1-44(2,3)33-17-18-39(49)38(24-33)43-48-42-37(26-35(46(7,8)9)27-40(42)50-43)32-21-30(28-14-11-10-12-15-28)20-31(22-32)36-25-34(45(4,5)6)23-29-16-13-19-47-41(29)36;/h10-21,23-27,49H,1-9H3;/q-1;. The van der Waals surface area contributed by atoms with Crippen molar-refractivity contribution in [1.82, 2.24) is 9.97 Å². The van der Waals surface area contributed by atoms with Crippen molar-refractivity contribution in [1.29, 1.82) is 0 Å². The van der Waals surface area contributed by atoms with E-state index in [1.165, 1.54) is 5.56 Å². The van der Waals surface area contributed by atoms with Gasteiger partial charge in [0.1, 0.15) is 11.3 Å². The van der Waals surface area contributed by atoms with Crippen LogP contribution in [0.2, 0.25) is 0 Å². The maximum atomic E-state index is 11.0. The second kappa shape index (κ2) is 13.2. The Labute approximate surface area is 316 Å². The van der Waals surface area contributed by atoms with Gasteiger partial charge in [-0.05, 0) is 68.2 Å². The van der Waals surface area contributed by atoms with Crippen LogP contribution >= 0.6 is 0 Å². The van der Waals surface area contributed by atoms with Crippen molar-refractivity contribution in [3.05, 3.63) is 126 Å². The molecule has 0 amide bonds. The molecule has 1 N–H and O–H groups in total. The number of rotatable bonds is 4. The van der Waals surface area contributed by atoms with Gasteiger partial charge in [0.2, 0.25) is 5.89 Å². The molecule has 2 heterocycles. The molecule has 0 spiro atoms.